The molecule has 2 rings (SSSR count). The lowest BCUT2D eigenvalue weighted by Crippen LogP contribution is -2.01. The van der Waals surface area contributed by atoms with Crippen LogP contribution in [-0.2, 0) is 6.54 Å². The molecule has 0 spiro atoms. The Morgan fingerprint density at radius 3 is 2.89 bits per heavy atom. The third-order valence-corrected chi connectivity index (χ3v) is 3.82. The summed E-state index contributed by atoms with van der Waals surface area (Å²) in [7, 11) is 0. The number of pyridine rings is 1. The maximum Gasteiger partial charge on any atom is 0.310 e. The van der Waals surface area contributed by atoms with Crippen LogP contribution in [0.4, 0.5) is 11.4 Å². The number of aromatic nitrogens is 1. The van der Waals surface area contributed by atoms with Gasteiger partial charge in [0.25, 0.3) is 0 Å². The molecule has 2 aromatic heterocycles. The standard InChI is InChI=1S/C12H13N3O2S/c1-8-5-10(18-9(8)2)6-14-11-3-4-13-7-12(11)15(16)17/h3-5,7H,6H2,1-2H3,(H,13,14). The third-order valence-electron chi connectivity index (χ3n) is 2.67. The zero-order valence-electron chi connectivity index (χ0n) is 10.1. The van der Waals surface area contributed by atoms with Crippen molar-refractivity contribution in [1.29, 1.82) is 0 Å². The molecule has 5 nitrogen and oxygen atoms in total. The first-order valence-corrected chi connectivity index (χ1v) is 6.28. The fraction of sp³-hybridized carbons (Fsp3) is 0.250. The average molecular weight is 263 g/mol. The van der Waals surface area contributed by atoms with E-state index in [0.29, 0.717) is 12.2 Å². The number of nitrogens with zero attached hydrogens (tertiary/aromatic N) is 2. The minimum absolute atomic E-state index is 0.00231. The van der Waals surface area contributed by atoms with Crippen LogP contribution in [0.1, 0.15) is 15.3 Å². The van der Waals surface area contributed by atoms with E-state index < -0.39 is 4.92 Å². The highest BCUT2D eigenvalue weighted by Crippen LogP contribution is 2.25. The van der Waals surface area contributed by atoms with E-state index in [4.69, 9.17) is 0 Å². The molecule has 0 saturated heterocycles. The van der Waals surface area contributed by atoms with Crippen molar-refractivity contribution in [2.24, 2.45) is 0 Å². The molecule has 94 valence electrons. The zero-order chi connectivity index (χ0) is 13.1. The lowest BCUT2D eigenvalue weighted by molar-refractivity contribution is -0.384. The zero-order valence-corrected chi connectivity index (χ0v) is 11.0. The predicted molar refractivity (Wildman–Crippen MR) is 72.0 cm³/mol. The normalized spacial score (nSPS) is 10.3. The van der Waals surface area contributed by atoms with E-state index in [0.717, 1.165) is 4.88 Å². The quantitative estimate of drug-likeness (QED) is 0.679. The number of rotatable bonds is 4. The number of anilines is 1. The van der Waals surface area contributed by atoms with Gasteiger partial charge in [0.15, 0.2) is 0 Å². The second kappa shape index (κ2) is 5.14. The lowest BCUT2D eigenvalue weighted by Gasteiger charge is -2.04. The molecule has 0 aliphatic rings. The van der Waals surface area contributed by atoms with Gasteiger partial charge in [-0.3, -0.25) is 15.1 Å². The van der Waals surface area contributed by atoms with Gasteiger partial charge in [0.05, 0.1) is 4.92 Å². The molecule has 0 radical (unpaired) electrons. The van der Waals surface area contributed by atoms with Gasteiger partial charge in [-0.25, -0.2) is 0 Å². The van der Waals surface area contributed by atoms with Crippen LogP contribution >= 0.6 is 11.3 Å². The topological polar surface area (TPSA) is 68.1 Å². The fourth-order valence-electron chi connectivity index (χ4n) is 1.60. The molecule has 0 aliphatic heterocycles. The highest BCUT2D eigenvalue weighted by Gasteiger charge is 2.13. The van der Waals surface area contributed by atoms with Crippen molar-refractivity contribution in [2.75, 3.05) is 5.32 Å². The Bertz CT molecular complexity index is 561. The van der Waals surface area contributed by atoms with Crippen LogP contribution in [0.3, 0.4) is 0 Å². The van der Waals surface area contributed by atoms with E-state index in [1.165, 1.54) is 16.6 Å². The van der Waals surface area contributed by atoms with Crippen LogP contribution in [0.2, 0.25) is 0 Å². The van der Waals surface area contributed by atoms with Crippen LogP contribution in [0, 0.1) is 24.0 Å². The van der Waals surface area contributed by atoms with Gasteiger partial charge in [0, 0.05) is 22.5 Å². The first-order chi connectivity index (χ1) is 8.58. The predicted octanol–water partition coefficient (Wildman–Crippen LogP) is 3.28. The van der Waals surface area contributed by atoms with Gasteiger partial charge in [0.2, 0.25) is 0 Å². The number of hydrogen-bond acceptors (Lipinski definition) is 5. The van der Waals surface area contributed by atoms with Crippen LogP contribution < -0.4 is 5.32 Å². The SMILES string of the molecule is Cc1cc(CNc2ccncc2[N+](=O)[O-])sc1C. The smallest absolute Gasteiger partial charge is 0.310 e. The van der Waals surface area contributed by atoms with Gasteiger partial charge in [-0.15, -0.1) is 11.3 Å². The van der Waals surface area contributed by atoms with Crippen molar-refractivity contribution in [3.8, 4) is 0 Å². The van der Waals surface area contributed by atoms with E-state index in [9.17, 15) is 10.1 Å². The molecule has 6 heteroatoms. The molecular formula is C12H13N3O2S. The molecule has 0 fully saturated rings. The van der Waals surface area contributed by atoms with Crippen molar-refractivity contribution in [3.63, 3.8) is 0 Å². The Morgan fingerprint density at radius 1 is 1.50 bits per heavy atom. The highest BCUT2D eigenvalue weighted by atomic mass is 32.1. The Hall–Kier alpha value is -1.95. The Morgan fingerprint density at radius 2 is 2.28 bits per heavy atom. The summed E-state index contributed by atoms with van der Waals surface area (Å²) in [5, 5.41) is 13.9. The molecule has 0 unspecified atom stereocenters. The molecule has 0 atom stereocenters. The maximum absolute atomic E-state index is 10.8. The summed E-state index contributed by atoms with van der Waals surface area (Å²) >= 11 is 1.70. The average Bonchev–Trinajstić information content (AvgIpc) is 2.66. The highest BCUT2D eigenvalue weighted by molar-refractivity contribution is 7.12. The summed E-state index contributed by atoms with van der Waals surface area (Å²) in [4.78, 5) is 16.6. The number of thiophene rings is 1. The van der Waals surface area contributed by atoms with Crippen molar-refractivity contribution in [3.05, 3.63) is 50.0 Å². The largest absolute Gasteiger partial charge is 0.375 e. The maximum atomic E-state index is 10.8. The Balaban J connectivity index is 2.13. The molecule has 2 aromatic rings. The summed E-state index contributed by atoms with van der Waals surface area (Å²) in [5.74, 6) is 0. The molecule has 2 heterocycles. The summed E-state index contributed by atoms with van der Waals surface area (Å²) in [6.45, 7) is 4.72. The number of nitro groups is 1. The molecule has 1 N–H and O–H groups in total. The molecule has 0 saturated carbocycles. The summed E-state index contributed by atoms with van der Waals surface area (Å²) in [6, 6.07) is 3.71. The van der Waals surface area contributed by atoms with Gasteiger partial charge in [-0.2, -0.15) is 0 Å². The Kier molecular flexibility index (Phi) is 3.57. The first kappa shape index (κ1) is 12.5. The van der Waals surface area contributed by atoms with Crippen molar-refractivity contribution in [2.45, 2.75) is 20.4 Å². The third kappa shape index (κ3) is 2.65. The van der Waals surface area contributed by atoms with E-state index >= 15 is 0 Å². The Labute approximate surface area is 109 Å². The van der Waals surface area contributed by atoms with Crippen LogP contribution in [0.25, 0.3) is 0 Å². The van der Waals surface area contributed by atoms with Crippen molar-refractivity contribution in [1.82, 2.24) is 4.98 Å². The monoisotopic (exact) mass is 263 g/mol. The van der Waals surface area contributed by atoms with Gasteiger partial charge in [-0.05, 0) is 31.5 Å². The van der Waals surface area contributed by atoms with E-state index in [1.54, 1.807) is 23.6 Å². The number of hydrogen-bond donors (Lipinski definition) is 1. The lowest BCUT2D eigenvalue weighted by atomic mass is 10.3. The minimum Gasteiger partial charge on any atom is -0.375 e. The van der Waals surface area contributed by atoms with Crippen molar-refractivity contribution >= 4 is 22.7 Å². The van der Waals surface area contributed by atoms with Gasteiger partial charge < -0.3 is 5.32 Å². The van der Waals surface area contributed by atoms with Crippen LogP contribution in [0.15, 0.2) is 24.5 Å². The molecular weight excluding hydrogens is 250 g/mol. The summed E-state index contributed by atoms with van der Waals surface area (Å²) < 4.78 is 0. The second-order valence-electron chi connectivity index (χ2n) is 3.96. The molecule has 0 aliphatic carbocycles. The van der Waals surface area contributed by atoms with Crippen LogP contribution in [-0.4, -0.2) is 9.91 Å². The van der Waals surface area contributed by atoms with E-state index in [2.05, 4.69) is 30.2 Å². The number of nitrogens with one attached hydrogen (secondary N) is 1. The van der Waals surface area contributed by atoms with E-state index in [1.807, 2.05) is 0 Å². The van der Waals surface area contributed by atoms with E-state index in [-0.39, 0.29) is 5.69 Å². The van der Waals surface area contributed by atoms with Crippen LogP contribution in [0.5, 0.6) is 0 Å². The molecule has 0 amide bonds. The second-order valence-corrected chi connectivity index (χ2v) is 5.30. The van der Waals surface area contributed by atoms with Gasteiger partial charge in [-0.1, -0.05) is 0 Å². The fourth-order valence-corrected chi connectivity index (χ4v) is 2.59. The summed E-state index contributed by atoms with van der Waals surface area (Å²) in [5.41, 5.74) is 1.75. The van der Waals surface area contributed by atoms with Crippen molar-refractivity contribution < 1.29 is 4.92 Å². The minimum atomic E-state index is -0.430. The van der Waals surface area contributed by atoms with Gasteiger partial charge >= 0.3 is 5.69 Å². The molecule has 0 bridgehead atoms. The van der Waals surface area contributed by atoms with Gasteiger partial charge in [0.1, 0.15) is 11.9 Å². The first-order valence-electron chi connectivity index (χ1n) is 5.46. The summed E-state index contributed by atoms with van der Waals surface area (Å²) in [6.07, 6.45) is 2.80. The molecule has 18 heavy (non-hydrogen) atoms. The number of aryl methyl sites for hydroxylation is 2. The molecule has 0 aromatic carbocycles.